The Morgan fingerprint density at radius 1 is 1.29 bits per heavy atom. The second kappa shape index (κ2) is 6.24. The fourth-order valence-electron chi connectivity index (χ4n) is 2.60. The third kappa shape index (κ3) is 3.23. The molecule has 0 aromatic heterocycles. The zero-order valence-corrected chi connectivity index (χ0v) is 12.5. The summed E-state index contributed by atoms with van der Waals surface area (Å²) in [6.07, 6.45) is 2.30. The highest BCUT2D eigenvalue weighted by Crippen LogP contribution is 2.49. The number of hydrogen-bond donors (Lipinski definition) is 1. The van der Waals surface area contributed by atoms with Crippen LogP contribution in [-0.2, 0) is 15.0 Å². The minimum atomic E-state index is -0.559. The van der Waals surface area contributed by atoms with Crippen LogP contribution >= 0.6 is 0 Å². The SMILES string of the molecule is CCCN(CC(=O)NC)C(=O)C1(c2ccc(F)cc2)CC1. The van der Waals surface area contributed by atoms with E-state index in [4.69, 9.17) is 0 Å². The minimum absolute atomic E-state index is 0.0282. The molecule has 0 heterocycles. The molecule has 0 bridgehead atoms. The summed E-state index contributed by atoms with van der Waals surface area (Å²) in [6, 6.07) is 6.10. The highest BCUT2D eigenvalue weighted by atomic mass is 19.1. The van der Waals surface area contributed by atoms with E-state index in [1.807, 2.05) is 6.92 Å². The number of likely N-dealkylation sites (N-methyl/N-ethyl adjacent to an activating group) is 1. The average Bonchev–Trinajstić information content (AvgIpc) is 3.28. The van der Waals surface area contributed by atoms with Gasteiger partial charge < -0.3 is 10.2 Å². The van der Waals surface area contributed by atoms with Crippen molar-refractivity contribution in [1.29, 1.82) is 0 Å². The van der Waals surface area contributed by atoms with Crippen molar-refractivity contribution in [3.63, 3.8) is 0 Å². The molecule has 2 rings (SSSR count). The molecule has 0 aliphatic heterocycles. The van der Waals surface area contributed by atoms with Gasteiger partial charge in [-0.3, -0.25) is 9.59 Å². The van der Waals surface area contributed by atoms with E-state index in [-0.39, 0.29) is 24.2 Å². The number of carbonyl (C=O) groups is 2. The van der Waals surface area contributed by atoms with Crippen molar-refractivity contribution < 1.29 is 14.0 Å². The van der Waals surface area contributed by atoms with Crippen LogP contribution in [0.15, 0.2) is 24.3 Å². The molecule has 1 saturated carbocycles. The smallest absolute Gasteiger partial charge is 0.239 e. The van der Waals surface area contributed by atoms with Crippen molar-refractivity contribution in [3.05, 3.63) is 35.6 Å². The van der Waals surface area contributed by atoms with Gasteiger partial charge in [0.05, 0.1) is 12.0 Å². The summed E-state index contributed by atoms with van der Waals surface area (Å²) in [7, 11) is 1.56. The lowest BCUT2D eigenvalue weighted by Crippen LogP contribution is -2.45. The van der Waals surface area contributed by atoms with Crippen molar-refractivity contribution in [2.75, 3.05) is 20.1 Å². The second-order valence-corrected chi connectivity index (χ2v) is 5.49. The summed E-state index contributed by atoms with van der Waals surface area (Å²) in [4.78, 5) is 26.0. The molecule has 114 valence electrons. The molecule has 1 fully saturated rings. The van der Waals surface area contributed by atoms with E-state index in [1.165, 1.54) is 12.1 Å². The summed E-state index contributed by atoms with van der Waals surface area (Å²) in [5.41, 5.74) is 0.281. The Hall–Kier alpha value is -1.91. The number of carbonyl (C=O) groups excluding carboxylic acids is 2. The summed E-state index contributed by atoms with van der Waals surface area (Å²) in [5.74, 6) is -0.510. The Labute approximate surface area is 124 Å². The number of hydrogen-bond acceptors (Lipinski definition) is 2. The van der Waals surface area contributed by atoms with E-state index in [1.54, 1.807) is 24.1 Å². The van der Waals surface area contributed by atoms with Gasteiger partial charge in [0.25, 0.3) is 0 Å². The Morgan fingerprint density at radius 3 is 2.38 bits per heavy atom. The fourth-order valence-corrected chi connectivity index (χ4v) is 2.60. The van der Waals surface area contributed by atoms with Crippen molar-refractivity contribution in [1.82, 2.24) is 10.2 Å². The van der Waals surface area contributed by atoms with Crippen LogP contribution in [0.4, 0.5) is 4.39 Å². The molecule has 1 aliphatic carbocycles. The predicted molar refractivity (Wildman–Crippen MR) is 78.2 cm³/mol. The normalized spacial score (nSPS) is 15.4. The van der Waals surface area contributed by atoms with E-state index in [9.17, 15) is 14.0 Å². The van der Waals surface area contributed by atoms with E-state index >= 15 is 0 Å². The predicted octanol–water partition coefficient (Wildman–Crippen LogP) is 1.84. The first-order valence-electron chi connectivity index (χ1n) is 7.29. The zero-order chi connectivity index (χ0) is 15.5. The summed E-state index contributed by atoms with van der Waals surface area (Å²) >= 11 is 0. The van der Waals surface area contributed by atoms with Crippen molar-refractivity contribution in [2.45, 2.75) is 31.6 Å². The quantitative estimate of drug-likeness (QED) is 0.870. The second-order valence-electron chi connectivity index (χ2n) is 5.49. The van der Waals surface area contributed by atoms with Crippen molar-refractivity contribution in [3.8, 4) is 0 Å². The van der Waals surface area contributed by atoms with Gasteiger partial charge >= 0.3 is 0 Å². The first kappa shape index (κ1) is 15.5. The molecule has 1 aliphatic rings. The van der Waals surface area contributed by atoms with E-state index in [0.717, 1.165) is 24.8 Å². The van der Waals surface area contributed by atoms with E-state index in [2.05, 4.69) is 5.32 Å². The van der Waals surface area contributed by atoms with Gasteiger partial charge in [0, 0.05) is 13.6 Å². The molecule has 0 unspecified atom stereocenters. The Balaban J connectivity index is 2.19. The molecule has 1 aromatic carbocycles. The van der Waals surface area contributed by atoms with Crippen molar-refractivity contribution >= 4 is 11.8 Å². The summed E-state index contributed by atoms with van der Waals surface area (Å²) in [6.45, 7) is 2.60. The summed E-state index contributed by atoms with van der Waals surface area (Å²) in [5, 5.41) is 2.55. The highest BCUT2D eigenvalue weighted by molar-refractivity contribution is 5.94. The number of amides is 2. The maximum Gasteiger partial charge on any atom is 0.239 e. The lowest BCUT2D eigenvalue weighted by atomic mass is 9.94. The molecular formula is C16H21FN2O2. The first-order valence-corrected chi connectivity index (χ1v) is 7.29. The van der Waals surface area contributed by atoms with Crippen LogP contribution < -0.4 is 5.32 Å². The van der Waals surface area contributed by atoms with Gasteiger partial charge in [0.2, 0.25) is 11.8 Å². The number of nitrogens with zero attached hydrogens (tertiary/aromatic N) is 1. The number of nitrogens with one attached hydrogen (secondary N) is 1. The maximum atomic E-state index is 13.0. The molecule has 0 radical (unpaired) electrons. The molecule has 2 amide bonds. The van der Waals surface area contributed by atoms with E-state index < -0.39 is 5.41 Å². The van der Waals surface area contributed by atoms with Gasteiger partial charge in [-0.25, -0.2) is 4.39 Å². The Kier molecular flexibility index (Phi) is 4.60. The summed E-state index contributed by atoms with van der Waals surface area (Å²) < 4.78 is 13.0. The van der Waals surface area contributed by atoms with Crippen LogP contribution in [0.1, 0.15) is 31.7 Å². The zero-order valence-electron chi connectivity index (χ0n) is 12.5. The molecule has 5 heteroatoms. The van der Waals surface area contributed by atoms with Crippen LogP contribution in [0.3, 0.4) is 0 Å². The van der Waals surface area contributed by atoms with Gasteiger partial charge in [-0.05, 0) is 37.0 Å². The van der Waals surface area contributed by atoms with Gasteiger partial charge in [-0.15, -0.1) is 0 Å². The van der Waals surface area contributed by atoms with Crippen LogP contribution in [0.5, 0.6) is 0 Å². The molecule has 4 nitrogen and oxygen atoms in total. The maximum absolute atomic E-state index is 13.0. The molecule has 1 aromatic rings. The Bertz CT molecular complexity index is 524. The molecule has 0 atom stereocenters. The molecular weight excluding hydrogens is 271 g/mol. The van der Waals surface area contributed by atoms with Crippen LogP contribution in [-0.4, -0.2) is 36.9 Å². The monoisotopic (exact) mass is 292 g/mol. The van der Waals surface area contributed by atoms with Gasteiger partial charge in [0.1, 0.15) is 5.82 Å². The van der Waals surface area contributed by atoms with Gasteiger partial charge in [-0.2, -0.15) is 0 Å². The van der Waals surface area contributed by atoms with Gasteiger partial charge in [-0.1, -0.05) is 19.1 Å². The first-order chi connectivity index (χ1) is 10.0. The lowest BCUT2D eigenvalue weighted by molar-refractivity contribution is -0.138. The average molecular weight is 292 g/mol. The van der Waals surface area contributed by atoms with Crippen LogP contribution in [0.2, 0.25) is 0 Å². The lowest BCUT2D eigenvalue weighted by Gasteiger charge is -2.26. The number of benzene rings is 1. The third-order valence-corrected chi connectivity index (χ3v) is 3.95. The standard InChI is InChI=1S/C16H21FN2O2/c1-3-10-19(11-14(20)18-2)15(21)16(8-9-16)12-4-6-13(17)7-5-12/h4-7H,3,8-11H2,1-2H3,(H,18,20). The third-order valence-electron chi connectivity index (χ3n) is 3.95. The molecule has 0 saturated heterocycles. The molecule has 0 spiro atoms. The molecule has 21 heavy (non-hydrogen) atoms. The minimum Gasteiger partial charge on any atom is -0.358 e. The largest absolute Gasteiger partial charge is 0.358 e. The fraction of sp³-hybridized carbons (Fsp3) is 0.500. The van der Waals surface area contributed by atoms with Gasteiger partial charge in [0.15, 0.2) is 0 Å². The Morgan fingerprint density at radius 2 is 1.90 bits per heavy atom. The van der Waals surface area contributed by atoms with Crippen LogP contribution in [0, 0.1) is 5.82 Å². The number of rotatable bonds is 6. The van der Waals surface area contributed by atoms with Crippen molar-refractivity contribution in [2.24, 2.45) is 0 Å². The van der Waals surface area contributed by atoms with E-state index in [0.29, 0.717) is 6.54 Å². The topological polar surface area (TPSA) is 49.4 Å². The number of halogens is 1. The molecule has 1 N–H and O–H groups in total. The highest BCUT2D eigenvalue weighted by Gasteiger charge is 2.53. The van der Waals surface area contributed by atoms with Crippen LogP contribution in [0.25, 0.3) is 0 Å².